The van der Waals surface area contributed by atoms with Crippen LogP contribution in [0.1, 0.15) is 18.1 Å². The van der Waals surface area contributed by atoms with E-state index < -0.39 is 34.4 Å². The molecule has 4 aromatic carbocycles. The monoisotopic (exact) mass is 687 g/mol. The Hall–Kier alpha value is -3.76. The van der Waals surface area contributed by atoms with Crippen LogP contribution in [-0.2, 0) is 32.6 Å². The number of hydrogen-bond donors (Lipinski definition) is 1. The number of rotatable bonds is 13. The Bertz CT molecular complexity index is 1740. The van der Waals surface area contributed by atoms with E-state index in [0.717, 1.165) is 9.87 Å². The van der Waals surface area contributed by atoms with Crippen LogP contribution in [0, 0.1) is 0 Å². The van der Waals surface area contributed by atoms with Crippen molar-refractivity contribution in [1.29, 1.82) is 0 Å². The number of likely N-dealkylation sites (N-methyl/N-ethyl adjacent to an activating group) is 1. The van der Waals surface area contributed by atoms with Gasteiger partial charge < -0.3 is 15.0 Å². The number of sulfonamides is 1. The zero-order chi connectivity index (χ0) is 32.6. The van der Waals surface area contributed by atoms with Crippen LogP contribution >= 0.6 is 34.8 Å². The molecule has 0 spiro atoms. The summed E-state index contributed by atoms with van der Waals surface area (Å²) in [4.78, 5) is 29.1. The molecule has 4 rings (SSSR count). The molecule has 2 amide bonds. The highest BCUT2D eigenvalue weighted by molar-refractivity contribution is 7.92. The van der Waals surface area contributed by atoms with Crippen molar-refractivity contribution in [3.8, 4) is 5.75 Å². The molecule has 0 aliphatic heterocycles. The van der Waals surface area contributed by atoms with Crippen molar-refractivity contribution in [1.82, 2.24) is 10.2 Å². The SMILES string of the molecule is CCOc1ccccc1N(CC(=O)N(Cc1ccc(Cl)c(Cl)c1)C(Cc1ccccc1)C(=O)NC)S(=O)(=O)c1ccc(Cl)cc1. The van der Waals surface area contributed by atoms with Crippen molar-refractivity contribution in [3.63, 3.8) is 0 Å². The number of carbonyl (C=O) groups excluding carboxylic acids is 2. The Morgan fingerprint density at radius 2 is 1.51 bits per heavy atom. The van der Waals surface area contributed by atoms with E-state index in [1.165, 1.54) is 36.2 Å². The molecule has 1 N–H and O–H groups in total. The van der Waals surface area contributed by atoms with Crippen molar-refractivity contribution in [2.24, 2.45) is 0 Å². The molecule has 0 saturated heterocycles. The molecular weight excluding hydrogens is 657 g/mol. The number of hydrogen-bond acceptors (Lipinski definition) is 5. The Labute approximate surface area is 278 Å². The van der Waals surface area contributed by atoms with Crippen LogP contribution < -0.4 is 14.4 Å². The Morgan fingerprint density at radius 3 is 2.16 bits per heavy atom. The van der Waals surface area contributed by atoms with E-state index in [4.69, 9.17) is 39.5 Å². The Balaban J connectivity index is 1.83. The van der Waals surface area contributed by atoms with E-state index in [0.29, 0.717) is 15.6 Å². The van der Waals surface area contributed by atoms with Gasteiger partial charge in [0.25, 0.3) is 10.0 Å². The van der Waals surface area contributed by atoms with E-state index in [-0.39, 0.29) is 40.9 Å². The molecule has 0 aliphatic carbocycles. The summed E-state index contributed by atoms with van der Waals surface area (Å²) in [7, 11) is -2.84. The minimum absolute atomic E-state index is 0.0530. The molecule has 0 heterocycles. The number of carbonyl (C=O) groups is 2. The smallest absolute Gasteiger partial charge is 0.264 e. The first-order chi connectivity index (χ1) is 21.5. The van der Waals surface area contributed by atoms with Crippen molar-refractivity contribution < 1.29 is 22.7 Å². The van der Waals surface area contributed by atoms with Gasteiger partial charge in [-0.15, -0.1) is 0 Å². The fourth-order valence-corrected chi connectivity index (χ4v) is 6.61. The van der Waals surface area contributed by atoms with Gasteiger partial charge in [0.2, 0.25) is 11.8 Å². The van der Waals surface area contributed by atoms with Crippen LogP contribution in [0.3, 0.4) is 0 Å². The minimum atomic E-state index is -4.33. The van der Waals surface area contributed by atoms with Gasteiger partial charge in [-0.05, 0) is 66.6 Å². The van der Waals surface area contributed by atoms with Crippen LogP contribution in [0.2, 0.25) is 15.1 Å². The molecule has 236 valence electrons. The lowest BCUT2D eigenvalue weighted by atomic mass is 10.0. The van der Waals surface area contributed by atoms with Crippen molar-refractivity contribution in [3.05, 3.63) is 123 Å². The summed E-state index contributed by atoms with van der Waals surface area (Å²) in [5, 5.41) is 3.62. The summed E-state index contributed by atoms with van der Waals surface area (Å²) in [5.74, 6) is -0.781. The second kappa shape index (κ2) is 15.5. The number of anilines is 1. The lowest BCUT2D eigenvalue weighted by molar-refractivity contribution is -0.139. The van der Waals surface area contributed by atoms with Gasteiger partial charge in [-0.25, -0.2) is 8.42 Å². The summed E-state index contributed by atoms with van der Waals surface area (Å²) >= 11 is 18.5. The van der Waals surface area contributed by atoms with Crippen LogP contribution in [-0.4, -0.2) is 51.4 Å². The highest BCUT2D eigenvalue weighted by atomic mass is 35.5. The first-order valence-electron chi connectivity index (χ1n) is 14.0. The molecule has 0 bridgehead atoms. The van der Waals surface area contributed by atoms with Gasteiger partial charge in [0.05, 0.1) is 27.2 Å². The molecule has 1 unspecified atom stereocenters. The predicted octanol–water partition coefficient (Wildman–Crippen LogP) is 6.63. The van der Waals surface area contributed by atoms with Gasteiger partial charge in [0.1, 0.15) is 18.3 Å². The fourth-order valence-electron chi connectivity index (χ4n) is 4.74. The van der Waals surface area contributed by atoms with Crippen LogP contribution in [0.25, 0.3) is 0 Å². The topological polar surface area (TPSA) is 96.0 Å². The molecule has 0 aliphatic rings. The van der Waals surface area contributed by atoms with Crippen molar-refractivity contribution in [2.75, 3.05) is 24.5 Å². The third-order valence-electron chi connectivity index (χ3n) is 6.97. The third kappa shape index (κ3) is 8.49. The molecule has 0 radical (unpaired) electrons. The zero-order valence-electron chi connectivity index (χ0n) is 24.6. The maximum Gasteiger partial charge on any atom is 0.264 e. The van der Waals surface area contributed by atoms with Crippen LogP contribution in [0.5, 0.6) is 5.75 Å². The van der Waals surface area contributed by atoms with Gasteiger partial charge in [0, 0.05) is 25.0 Å². The van der Waals surface area contributed by atoms with E-state index in [2.05, 4.69) is 5.32 Å². The largest absolute Gasteiger partial charge is 0.492 e. The average molecular weight is 689 g/mol. The van der Waals surface area contributed by atoms with Gasteiger partial charge >= 0.3 is 0 Å². The number of halogens is 3. The maximum atomic E-state index is 14.5. The molecule has 8 nitrogen and oxygen atoms in total. The molecule has 45 heavy (non-hydrogen) atoms. The summed E-state index contributed by atoms with van der Waals surface area (Å²) < 4.78 is 35.2. The molecule has 1 atom stereocenters. The molecule has 12 heteroatoms. The third-order valence-corrected chi connectivity index (χ3v) is 9.73. The van der Waals surface area contributed by atoms with E-state index in [1.807, 2.05) is 30.3 Å². The Morgan fingerprint density at radius 1 is 0.844 bits per heavy atom. The predicted molar refractivity (Wildman–Crippen MR) is 179 cm³/mol. The second-order valence-corrected chi connectivity index (χ2v) is 13.1. The maximum absolute atomic E-state index is 14.5. The number of nitrogens with zero attached hydrogens (tertiary/aromatic N) is 2. The quantitative estimate of drug-likeness (QED) is 0.170. The molecule has 0 aromatic heterocycles. The normalized spacial score (nSPS) is 11.8. The van der Waals surface area contributed by atoms with Gasteiger partial charge in [-0.2, -0.15) is 0 Å². The van der Waals surface area contributed by atoms with Gasteiger partial charge in [0.15, 0.2) is 0 Å². The fraction of sp³-hybridized carbons (Fsp3) is 0.212. The molecular formula is C33H32Cl3N3O5S. The summed E-state index contributed by atoms with van der Waals surface area (Å²) in [6.45, 7) is 1.34. The number of amides is 2. The molecule has 0 fully saturated rings. The summed E-state index contributed by atoms with van der Waals surface area (Å²) in [5.41, 5.74) is 1.57. The summed E-state index contributed by atoms with van der Waals surface area (Å²) in [6, 6.07) is 25.4. The highest BCUT2D eigenvalue weighted by Gasteiger charge is 2.35. The van der Waals surface area contributed by atoms with Crippen LogP contribution in [0.4, 0.5) is 5.69 Å². The second-order valence-electron chi connectivity index (χ2n) is 9.96. The lowest BCUT2D eigenvalue weighted by Gasteiger charge is -2.34. The molecule has 0 saturated carbocycles. The standard InChI is InChI=1S/C33H32Cl3N3O5S/c1-3-44-31-12-8-7-11-29(31)39(45(42,43)26-16-14-25(34)15-17-26)22-32(40)38(21-24-13-18-27(35)28(36)19-24)30(33(41)37-2)20-23-9-5-4-6-10-23/h4-19,30H,3,20-22H2,1-2H3,(H,37,41). The lowest BCUT2D eigenvalue weighted by Crippen LogP contribution is -2.53. The average Bonchev–Trinajstić information content (AvgIpc) is 3.04. The van der Waals surface area contributed by atoms with Crippen LogP contribution in [0.15, 0.2) is 102 Å². The van der Waals surface area contributed by atoms with E-state index in [9.17, 15) is 18.0 Å². The number of ether oxygens (including phenoxy) is 1. The number of nitrogens with one attached hydrogen (secondary N) is 1. The minimum Gasteiger partial charge on any atom is -0.492 e. The van der Waals surface area contributed by atoms with E-state index >= 15 is 0 Å². The highest BCUT2D eigenvalue weighted by Crippen LogP contribution is 2.33. The first-order valence-corrected chi connectivity index (χ1v) is 16.6. The van der Waals surface area contributed by atoms with Crippen molar-refractivity contribution >= 4 is 62.3 Å². The zero-order valence-corrected chi connectivity index (χ0v) is 27.7. The number of para-hydroxylation sites is 2. The molecule has 4 aromatic rings. The van der Waals surface area contributed by atoms with Gasteiger partial charge in [-0.1, -0.05) is 83.3 Å². The Kier molecular flexibility index (Phi) is 11.7. The number of benzene rings is 4. The first kappa shape index (κ1) is 34.1. The summed E-state index contributed by atoms with van der Waals surface area (Å²) in [6.07, 6.45) is 0.174. The van der Waals surface area contributed by atoms with Crippen molar-refractivity contribution in [2.45, 2.75) is 30.8 Å². The van der Waals surface area contributed by atoms with Gasteiger partial charge in [-0.3, -0.25) is 13.9 Å². The van der Waals surface area contributed by atoms with E-state index in [1.54, 1.807) is 49.4 Å².